The van der Waals surface area contributed by atoms with E-state index in [1.54, 1.807) is 18.2 Å². The average Bonchev–Trinajstić information content (AvgIpc) is 2.39. The predicted molar refractivity (Wildman–Crippen MR) is 71.9 cm³/mol. The average molecular weight is 278 g/mol. The van der Waals surface area contributed by atoms with Crippen LogP contribution in [0.15, 0.2) is 41.8 Å². The highest BCUT2D eigenvalue weighted by Gasteiger charge is 2.15. The molecule has 0 amide bonds. The molecule has 100 valence electrons. The molecule has 6 nitrogen and oxygen atoms in total. The highest BCUT2D eigenvalue weighted by Crippen LogP contribution is 2.18. The fourth-order valence-electron chi connectivity index (χ4n) is 1.60. The molecule has 0 atom stereocenters. The first-order valence-corrected chi connectivity index (χ1v) is 7.08. The van der Waals surface area contributed by atoms with E-state index in [0.29, 0.717) is 12.2 Å². The van der Waals surface area contributed by atoms with Crippen molar-refractivity contribution in [2.24, 2.45) is 5.73 Å². The number of nitrogens with two attached hydrogens (primary N) is 1. The first kappa shape index (κ1) is 13.4. The fourth-order valence-corrected chi connectivity index (χ4v) is 2.68. The molecule has 0 saturated heterocycles. The van der Waals surface area contributed by atoms with E-state index in [4.69, 9.17) is 5.73 Å². The molecule has 19 heavy (non-hydrogen) atoms. The monoisotopic (exact) mass is 278 g/mol. The number of benzene rings is 1. The van der Waals surface area contributed by atoms with Crippen LogP contribution in [0.5, 0.6) is 0 Å². The summed E-state index contributed by atoms with van der Waals surface area (Å²) in [7, 11) is -3.65. The van der Waals surface area contributed by atoms with Crippen molar-refractivity contribution in [1.82, 2.24) is 9.97 Å². The zero-order chi connectivity index (χ0) is 13.9. The molecule has 0 aliphatic carbocycles. The van der Waals surface area contributed by atoms with E-state index in [2.05, 4.69) is 14.7 Å². The topological polar surface area (TPSA) is 98.0 Å². The highest BCUT2D eigenvalue weighted by atomic mass is 32.2. The number of nitrogens with zero attached hydrogens (tertiary/aromatic N) is 2. The summed E-state index contributed by atoms with van der Waals surface area (Å²) in [4.78, 5) is 7.67. The van der Waals surface area contributed by atoms with Gasteiger partial charge in [-0.1, -0.05) is 6.07 Å². The summed E-state index contributed by atoms with van der Waals surface area (Å²) in [5.74, 6) is 0. The van der Waals surface area contributed by atoms with E-state index in [1.165, 1.54) is 18.7 Å². The van der Waals surface area contributed by atoms with E-state index in [-0.39, 0.29) is 4.90 Å². The van der Waals surface area contributed by atoms with Crippen LogP contribution < -0.4 is 10.5 Å². The minimum Gasteiger partial charge on any atom is -0.326 e. The van der Waals surface area contributed by atoms with Gasteiger partial charge in [-0.25, -0.2) is 18.4 Å². The Morgan fingerprint density at radius 1 is 1.26 bits per heavy atom. The molecule has 2 aromatic rings. The molecule has 7 heteroatoms. The van der Waals surface area contributed by atoms with Gasteiger partial charge in [0.05, 0.1) is 23.0 Å². The van der Waals surface area contributed by atoms with Gasteiger partial charge in [-0.3, -0.25) is 4.72 Å². The number of hydrogen-bond acceptors (Lipinski definition) is 5. The zero-order valence-corrected chi connectivity index (χ0v) is 11.2. The lowest BCUT2D eigenvalue weighted by atomic mass is 10.1. The van der Waals surface area contributed by atoms with Crippen LogP contribution in [0.4, 0.5) is 5.69 Å². The number of aryl methyl sites for hydroxylation is 1. The number of rotatable bonds is 4. The maximum absolute atomic E-state index is 12.2. The van der Waals surface area contributed by atoms with Gasteiger partial charge in [-0.2, -0.15) is 0 Å². The summed E-state index contributed by atoms with van der Waals surface area (Å²) >= 11 is 0. The second-order valence-electron chi connectivity index (χ2n) is 4.03. The second kappa shape index (κ2) is 5.33. The fraction of sp³-hybridized carbons (Fsp3) is 0.167. The molecule has 0 bridgehead atoms. The lowest BCUT2D eigenvalue weighted by Crippen LogP contribution is -2.14. The summed E-state index contributed by atoms with van der Waals surface area (Å²) in [6, 6.07) is 4.85. The van der Waals surface area contributed by atoms with E-state index in [1.807, 2.05) is 6.92 Å². The first-order chi connectivity index (χ1) is 9.03. The lowest BCUT2D eigenvalue weighted by Gasteiger charge is -2.09. The molecule has 1 heterocycles. The number of nitrogens with one attached hydrogen (secondary N) is 1. The van der Waals surface area contributed by atoms with Crippen LogP contribution in [-0.2, 0) is 16.6 Å². The second-order valence-corrected chi connectivity index (χ2v) is 5.71. The molecule has 1 aromatic carbocycles. The molecule has 0 unspecified atom stereocenters. The molecule has 3 N–H and O–H groups in total. The van der Waals surface area contributed by atoms with Crippen molar-refractivity contribution in [3.8, 4) is 0 Å². The summed E-state index contributed by atoms with van der Waals surface area (Å²) < 4.78 is 26.8. The summed E-state index contributed by atoms with van der Waals surface area (Å²) in [6.45, 7) is 2.18. The summed E-state index contributed by atoms with van der Waals surface area (Å²) in [6.07, 6.45) is 4.11. The molecule has 0 radical (unpaired) electrons. The molecule has 0 fully saturated rings. The third kappa shape index (κ3) is 3.07. The Morgan fingerprint density at radius 2 is 1.95 bits per heavy atom. The van der Waals surface area contributed by atoms with Gasteiger partial charge in [0.15, 0.2) is 0 Å². The van der Waals surface area contributed by atoms with Gasteiger partial charge >= 0.3 is 0 Å². The van der Waals surface area contributed by atoms with E-state index < -0.39 is 10.0 Å². The van der Waals surface area contributed by atoms with Gasteiger partial charge in [0, 0.05) is 6.54 Å². The Bertz CT molecular complexity index is 671. The molecule has 0 spiro atoms. The van der Waals surface area contributed by atoms with Crippen molar-refractivity contribution in [3.63, 3.8) is 0 Å². The van der Waals surface area contributed by atoms with Crippen molar-refractivity contribution < 1.29 is 8.42 Å². The van der Waals surface area contributed by atoms with Gasteiger partial charge in [0.1, 0.15) is 6.33 Å². The largest absolute Gasteiger partial charge is 0.326 e. The first-order valence-electron chi connectivity index (χ1n) is 5.60. The van der Waals surface area contributed by atoms with Crippen molar-refractivity contribution in [2.45, 2.75) is 18.4 Å². The van der Waals surface area contributed by atoms with Crippen molar-refractivity contribution >= 4 is 15.7 Å². The summed E-state index contributed by atoms with van der Waals surface area (Å²) in [5, 5.41) is 0. The van der Waals surface area contributed by atoms with Crippen LogP contribution in [0.2, 0.25) is 0 Å². The minimum atomic E-state index is -3.65. The van der Waals surface area contributed by atoms with Gasteiger partial charge in [-0.15, -0.1) is 0 Å². The molecular formula is C12H14N4O2S. The quantitative estimate of drug-likeness (QED) is 0.871. The van der Waals surface area contributed by atoms with E-state index in [9.17, 15) is 8.42 Å². The third-order valence-corrected chi connectivity index (χ3v) is 4.04. The van der Waals surface area contributed by atoms with Gasteiger partial charge < -0.3 is 5.73 Å². The Labute approximate surface area is 111 Å². The van der Waals surface area contributed by atoms with Crippen molar-refractivity contribution in [2.75, 3.05) is 4.72 Å². The van der Waals surface area contributed by atoms with Crippen LogP contribution in [0.3, 0.4) is 0 Å². The molecule has 0 saturated carbocycles. The zero-order valence-electron chi connectivity index (χ0n) is 10.4. The Balaban J connectivity index is 2.35. The number of aromatic nitrogens is 2. The van der Waals surface area contributed by atoms with Crippen LogP contribution in [0.1, 0.15) is 11.1 Å². The van der Waals surface area contributed by atoms with Crippen molar-refractivity contribution in [3.05, 3.63) is 48.0 Å². The van der Waals surface area contributed by atoms with E-state index in [0.717, 1.165) is 11.1 Å². The van der Waals surface area contributed by atoms with Crippen LogP contribution in [-0.4, -0.2) is 18.4 Å². The van der Waals surface area contributed by atoms with Crippen LogP contribution in [0.25, 0.3) is 0 Å². The molecule has 2 rings (SSSR count). The van der Waals surface area contributed by atoms with Crippen molar-refractivity contribution in [1.29, 1.82) is 0 Å². The molecule has 0 aliphatic rings. The SMILES string of the molecule is Cc1ccc(S(=O)(=O)Nc2cncnc2)cc1CN. The number of sulfonamides is 1. The van der Waals surface area contributed by atoms with Crippen LogP contribution >= 0.6 is 0 Å². The third-order valence-electron chi connectivity index (χ3n) is 2.66. The van der Waals surface area contributed by atoms with Gasteiger partial charge in [-0.05, 0) is 30.2 Å². The Morgan fingerprint density at radius 3 is 2.58 bits per heavy atom. The molecule has 1 aromatic heterocycles. The molecular weight excluding hydrogens is 264 g/mol. The number of anilines is 1. The lowest BCUT2D eigenvalue weighted by molar-refractivity contribution is 0.601. The standard InChI is InChI=1S/C12H14N4O2S/c1-9-2-3-12(4-10(9)5-13)19(17,18)16-11-6-14-8-15-7-11/h2-4,6-8,16H,5,13H2,1H3. The normalized spacial score (nSPS) is 11.3. The maximum atomic E-state index is 12.2. The smallest absolute Gasteiger partial charge is 0.262 e. The minimum absolute atomic E-state index is 0.169. The van der Waals surface area contributed by atoms with Crippen LogP contribution in [0, 0.1) is 6.92 Å². The van der Waals surface area contributed by atoms with Gasteiger partial charge in [0.2, 0.25) is 0 Å². The summed E-state index contributed by atoms with van der Waals surface area (Å²) in [5.41, 5.74) is 7.66. The Kier molecular flexibility index (Phi) is 3.77. The maximum Gasteiger partial charge on any atom is 0.262 e. The van der Waals surface area contributed by atoms with E-state index >= 15 is 0 Å². The molecule has 0 aliphatic heterocycles. The predicted octanol–water partition coefficient (Wildman–Crippen LogP) is 1.04. The Hall–Kier alpha value is -1.99. The number of hydrogen-bond donors (Lipinski definition) is 2. The van der Waals surface area contributed by atoms with Gasteiger partial charge in [0.25, 0.3) is 10.0 Å². The highest BCUT2D eigenvalue weighted by molar-refractivity contribution is 7.92.